The Morgan fingerprint density at radius 2 is 2.27 bits per heavy atom. The highest BCUT2D eigenvalue weighted by Crippen LogP contribution is 2.16. The van der Waals surface area contributed by atoms with Crippen molar-refractivity contribution in [2.24, 2.45) is 0 Å². The summed E-state index contributed by atoms with van der Waals surface area (Å²) in [6, 6.07) is 5.36. The minimum Gasteiger partial charge on any atom is -0.507 e. The lowest BCUT2D eigenvalue weighted by molar-refractivity contribution is 0.473. The highest BCUT2D eigenvalue weighted by molar-refractivity contribution is 5.81. The van der Waals surface area contributed by atoms with Gasteiger partial charge in [0, 0.05) is 11.8 Å². The second-order valence-corrected chi connectivity index (χ2v) is 2.39. The number of aromatic hydroxyl groups is 1. The zero-order chi connectivity index (χ0) is 8.27. The van der Waals surface area contributed by atoms with Gasteiger partial charge in [0.2, 0.25) is 0 Å². The number of nitrogens with one attached hydrogen (secondary N) is 1. The third-order valence-electron chi connectivity index (χ3n) is 1.66. The van der Waals surface area contributed by atoms with E-state index < -0.39 is 0 Å². The van der Waals surface area contributed by atoms with Crippen molar-refractivity contribution < 1.29 is 5.11 Å². The van der Waals surface area contributed by atoms with Crippen LogP contribution in [0, 0.1) is 5.41 Å². The topological polar surface area (TPSA) is 44.1 Å². The number of rotatable bonds is 2. The van der Waals surface area contributed by atoms with Crippen molar-refractivity contribution >= 4 is 6.21 Å². The van der Waals surface area contributed by atoms with Gasteiger partial charge in [0.1, 0.15) is 5.75 Å². The second kappa shape index (κ2) is 3.19. The van der Waals surface area contributed by atoms with E-state index in [0.717, 1.165) is 18.2 Å². The third kappa shape index (κ3) is 1.58. The largest absolute Gasteiger partial charge is 0.507 e. The van der Waals surface area contributed by atoms with E-state index in [2.05, 4.69) is 0 Å². The molecule has 0 saturated carbocycles. The normalized spacial score (nSPS) is 9.55. The van der Waals surface area contributed by atoms with Crippen molar-refractivity contribution in [2.75, 3.05) is 0 Å². The molecule has 11 heavy (non-hydrogen) atoms. The lowest BCUT2D eigenvalue weighted by Crippen LogP contribution is -1.84. The van der Waals surface area contributed by atoms with Gasteiger partial charge in [-0.25, -0.2) is 0 Å². The molecule has 0 aliphatic rings. The van der Waals surface area contributed by atoms with Crippen molar-refractivity contribution in [3.63, 3.8) is 0 Å². The fraction of sp³-hybridized carbons (Fsp3) is 0.222. The average Bonchev–Trinajstić information content (AvgIpc) is 2.04. The molecule has 0 fully saturated rings. The lowest BCUT2D eigenvalue weighted by Gasteiger charge is -2.00. The molecule has 0 saturated heterocycles. The fourth-order valence-corrected chi connectivity index (χ4v) is 0.931. The Hall–Kier alpha value is -1.31. The molecule has 0 bridgehead atoms. The first-order valence-electron chi connectivity index (χ1n) is 3.60. The first-order valence-corrected chi connectivity index (χ1v) is 3.60. The van der Waals surface area contributed by atoms with E-state index in [1.54, 1.807) is 12.1 Å². The average molecular weight is 149 g/mol. The van der Waals surface area contributed by atoms with E-state index in [9.17, 15) is 5.11 Å². The van der Waals surface area contributed by atoms with Crippen LogP contribution in [0.5, 0.6) is 5.75 Å². The zero-order valence-electron chi connectivity index (χ0n) is 6.46. The molecule has 1 aromatic rings. The maximum Gasteiger partial charge on any atom is 0.124 e. The first kappa shape index (κ1) is 7.79. The minimum atomic E-state index is 0.194. The van der Waals surface area contributed by atoms with Gasteiger partial charge in [0.15, 0.2) is 0 Å². The van der Waals surface area contributed by atoms with Crippen LogP contribution in [0.25, 0.3) is 0 Å². The molecule has 0 aliphatic carbocycles. The maximum absolute atomic E-state index is 9.27. The van der Waals surface area contributed by atoms with Crippen molar-refractivity contribution in [1.29, 1.82) is 5.41 Å². The smallest absolute Gasteiger partial charge is 0.124 e. The summed E-state index contributed by atoms with van der Waals surface area (Å²) in [5.74, 6) is 0.194. The minimum absolute atomic E-state index is 0.194. The number of phenolic OH excluding ortho intramolecular Hbond substituents is 1. The van der Waals surface area contributed by atoms with Crippen molar-refractivity contribution in [2.45, 2.75) is 13.3 Å². The molecule has 0 atom stereocenters. The number of benzene rings is 1. The summed E-state index contributed by atoms with van der Waals surface area (Å²) in [5, 5.41) is 16.2. The molecule has 1 rings (SSSR count). The van der Waals surface area contributed by atoms with Gasteiger partial charge in [-0.1, -0.05) is 13.0 Å². The van der Waals surface area contributed by atoms with Crippen LogP contribution in [-0.2, 0) is 6.42 Å². The Morgan fingerprint density at radius 3 is 2.73 bits per heavy atom. The number of hydrogen-bond donors (Lipinski definition) is 2. The van der Waals surface area contributed by atoms with E-state index in [0.29, 0.717) is 5.56 Å². The SMILES string of the molecule is CCc1ccc(C=N)c(O)c1. The van der Waals surface area contributed by atoms with Crippen molar-refractivity contribution in [1.82, 2.24) is 0 Å². The standard InChI is InChI=1S/C9H11NO/c1-2-7-3-4-8(6-10)9(11)5-7/h3-6,10-11H,2H2,1H3. The second-order valence-electron chi connectivity index (χ2n) is 2.39. The number of aryl methyl sites for hydroxylation is 1. The third-order valence-corrected chi connectivity index (χ3v) is 1.66. The molecule has 0 spiro atoms. The van der Waals surface area contributed by atoms with Crippen LogP contribution in [-0.4, -0.2) is 11.3 Å². The van der Waals surface area contributed by atoms with Gasteiger partial charge < -0.3 is 10.5 Å². The number of hydrogen-bond acceptors (Lipinski definition) is 2. The zero-order valence-corrected chi connectivity index (χ0v) is 6.46. The highest BCUT2D eigenvalue weighted by atomic mass is 16.3. The van der Waals surface area contributed by atoms with E-state index in [4.69, 9.17) is 5.41 Å². The van der Waals surface area contributed by atoms with Gasteiger partial charge in [-0.05, 0) is 24.1 Å². The monoisotopic (exact) mass is 149 g/mol. The molecule has 1 aromatic carbocycles. The molecule has 0 aromatic heterocycles. The summed E-state index contributed by atoms with van der Waals surface area (Å²) >= 11 is 0. The Morgan fingerprint density at radius 1 is 1.55 bits per heavy atom. The Labute approximate surface area is 66.0 Å². The predicted octanol–water partition coefficient (Wildman–Crippen LogP) is 1.95. The molecule has 2 heteroatoms. The van der Waals surface area contributed by atoms with Crippen LogP contribution in [0.4, 0.5) is 0 Å². The molecular weight excluding hydrogens is 138 g/mol. The van der Waals surface area contributed by atoms with E-state index in [-0.39, 0.29) is 5.75 Å². The van der Waals surface area contributed by atoms with Gasteiger partial charge in [-0.3, -0.25) is 0 Å². The molecule has 2 N–H and O–H groups in total. The van der Waals surface area contributed by atoms with Crippen LogP contribution in [0.2, 0.25) is 0 Å². The highest BCUT2D eigenvalue weighted by Gasteiger charge is 1.97. The molecule has 0 radical (unpaired) electrons. The molecule has 58 valence electrons. The predicted molar refractivity (Wildman–Crippen MR) is 45.4 cm³/mol. The van der Waals surface area contributed by atoms with Crippen molar-refractivity contribution in [3.05, 3.63) is 29.3 Å². The van der Waals surface area contributed by atoms with Crippen molar-refractivity contribution in [3.8, 4) is 5.75 Å². The van der Waals surface area contributed by atoms with Gasteiger partial charge in [0.05, 0.1) is 0 Å². The van der Waals surface area contributed by atoms with Gasteiger partial charge in [0.25, 0.3) is 0 Å². The summed E-state index contributed by atoms with van der Waals surface area (Å²) in [6.07, 6.45) is 2.06. The summed E-state index contributed by atoms with van der Waals surface area (Å²) in [5.41, 5.74) is 1.66. The fourth-order valence-electron chi connectivity index (χ4n) is 0.931. The van der Waals surface area contributed by atoms with Gasteiger partial charge in [-0.2, -0.15) is 0 Å². The van der Waals surface area contributed by atoms with E-state index in [1.165, 1.54) is 0 Å². The number of phenols is 1. The van der Waals surface area contributed by atoms with Gasteiger partial charge in [-0.15, -0.1) is 0 Å². The molecular formula is C9H11NO. The quantitative estimate of drug-likeness (QED) is 0.620. The summed E-state index contributed by atoms with van der Waals surface area (Å²) < 4.78 is 0. The maximum atomic E-state index is 9.27. The Balaban J connectivity index is 3.09. The summed E-state index contributed by atoms with van der Waals surface area (Å²) in [6.45, 7) is 2.03. The lowest BCUT2D eigenvalue weighted by atomic mass is 10.1. The molecule has 0 heterocycles. The summed E-state index contributed by atoms with van der Waals surface area (Å²) in [4.78, 5) is 0. The van der Waals surface area contributed by atoms with Crippen LogP contribution in [0.3, 0.4) is 0 Å². The molecule has 0 amide bonds. The van der Waals surface area contributed by atoms with Crippen LogP contribution in [0.1, 0.15) is 18.1 Å². The van der Waals surface area contributed by atoms with Crippen LogP contribution in [0.15, 0.2) is 18.2 Å². The Bertz CT molecular complexity index is 268. The molecule has 2 nitrogen and oxygen atoms in total. The summed E-state index contributed by atoms with van der Waals surface area (Å²) in [7, 11) is 0. The van der Waals surface area contributed by atoms with Crippen LogP contribution >= 0.6 is 0 Å². The van der Waals surface area contributed by atoms with Gasteiger partial charge >= 0.3 is 0 Å². The Kier molecular flexibility index (Phi) is 2.26. The molecule has 0 aliphatic heterocycles. The van der Waals surface area contributed by atoms with E-state index in [1.807, 2.05) is 13.0 Å². The van der Waals surface area contributed by atoms with Crippen LogP contribution < -0.4 is 0 Å². The first-order chi connectivity index (χ1) is 5.27. The van der Waals surface area contributed by atoms with E-state index >= 15 is 0 Å². The molecule has 0 unspecified atom stereocenters.